The molecule has 0 heterocycles. The molecule has 0 atom stereocenters. The molecule has 76 heavy (non-hydrogen) atoms. The third-order valence-corrected chi connectivity index (χ3v) is 16.3. The molecule has 0 saturated heterocycles. The van der Waals surface area contributed by atoms with E-state index in [1.165, 1.54) is 25.3 Å². The van der Waals surface area contributed by atoms with Crippen LogP contribution in [-0.2, 0) is 34.7 Å². The van der Waals surface area contributed by atoms with Gasteiger partial charge in [-0.2, -0.15) is 18.9 Å². The fourth-order valence-electron chi connectivity index (χ4n) is 9.20. The van der Waals surface area contributed by atoms with Gasteiger partial charge in [0, 0.05) is 5.41 Å². The summed E-state index contributed by atoms with van der Waals surface area (Å²) in [6, 6.07) is 52.7. The molecule has 1 aliphatic carbocycles. The van der Waals surface area contributed by atoms with Crippen LogP contribution in [0, 0.1) is 29.6 Å². The quantitative estimate of drug-likeness (QED) is 0.0353. The van der Waals surface area contributed by atoms with Crippen LogP contribution in [0.5, 0.6) is 51.7 Å². The van der Waals surface area contributed by atoms with E-state index in [1.807, 2.05) is 116 Å². The Morgan fingerprint density at radius 3 is 1.46 bits per heavy atom. The minimum Gasteiger partial charge on any atom is -0.495 e. The average molecular weight is 1080 g/mol. The number of nitrogens with zero attached hydrogens (tertiary/aromatic N) is 2. The highest BCUT2D eigenvalue weighted by Gasteiger charge is 2.36. The molecule has 9 rings (SSSR count). The summed E-state index contributed by atoms with van der Waals surface area (Å²) in [5, 5.41) is 32.7. The number of ether oxygens (including phenoxy) is 5. The van der Waals surface area contributed by atoms with Crippen LogP contribution >= 0.6 is 12.0 Å². The molecule has 0 radical (unpaired) electrons. The van der Waals surface area contributed by atoms with Crippen molar-refractivity contribution in [3.63, 3.8) is 0 Å². The zero-order chi connectivity index (χ0) is 53.5. The Kier molecular flexibility index (Phi) is 15.8. The van der Waals surface area contributed by atoms with Gasteiger partial charge in [0.1, 0.15) is 74.3 Å². The van der Waals surface area contributed by atoms with E-state index in [9.17, 15) is 31.9 Å². The maximum atomic E-state index is 13.7. The number of hydrogen-bond acceptors (Lipinski definition) is 15. The molecule has 0 spiro atoms. The van der Waals surface area contributed by atoms with Crippen molar-refractivity contribution >= 4 is 32.0 Å². The lowest BCUT2D eigenvalue weighted by Crippen LogP contribution is -2.30. The highest BCUT2D eigenvalue weighted by Crippen LogP contribution is 2.47. The third kappa shape index (κ3) is 11.4. The first-order valence-corrected chi connectivity index (χ1v) is 27.2. The Morgan fingerprint density at radius 1 is 0.539 bits per heavy atom. The van der Waals surface area contributed by atoms with Gasteiger partial charge in [-0.05, 0) is 151 Å². The van der Waals surface area contributed by atoms with E-state index < -0.39 is 29.7 Å². The van der Waals surface area contributed by atoms with Crippen molar-refractivity contribution in [2.24, 2.45) is 0 Å². The second kappa shape index (κ2) is 22.7. The lowest BCUT2D eigenvalue weighted by molar-refractivity contribution is -0.432. The monoisotopic (exact) mass is 1070 g/mol. The SMILES string of the molecule is COc1ccc(S(=O)(=O)c2ccc(Oc3ccc(C4(c5ccc(Oc6cccc(Oc7ccc(-c8ccc(Oc9cccc(C)c9C#N)cc8)cc7)c6C#N)cc5)CCCCC4)cc3)c(SOOO)c2)cc1S(=O)(=O)O. The van der Waals surface area contributed by atoms with Gasteiger partial charge in [-0.15, -0.1) is 4.33 Å². The second-order valence-corrected chi connectivity index (χ2v) is 21.7. The van der Waals surface area contributed by atoms with Gasteiger partial charge in [-0.25, -0.2) is 13.7 Å². The van der Waals surface area contributed by atoms with Crippen molar-refractivity contribution in [3.8, 4) is 75.0 Å². The first-order chi connectivity index (χ1) is 36.7. The van der Waals surface area contributed by atoms with Crippen LogP contribution in [-0.4, -0.2) is 33.8 Å². The molecule has 0 amide bonds. The maximum absolute atomic E-state index is 13.7. The number of hydrogen-bond donors (Lipinski definition) is 2. The Labute approximate surface area is 443 Å². The normalized spacial score (nSPS) is 13.2. The second-order valence-electron chi connectivity index (χ2n) is 17.6. The van der Waals surface area contributed by atoms with Crippen LogP contribution in [0.4, 0.5) is 0 Å². The van der Waals surface area contributed by atoms with Crippen LogP contribution in [0.1, 0.15) is 59.9 Å². The van der Waals surface area contributed by atoms with Gasteiger partial charge in [0.25, 0.3) is 10.1 Å². The molecule has 0 unspecified atom stereocenters. The molecular formula is C58H46N2O13S3. The molecular weight excluding hydrogens is 1030 g/mol. The van der Waals surface area contributed by atoms with E-state index in [2.05, 4.69) is 21.5 Å². The average Bonchev–Trinajstić information content (AvgIpc) is 3.44. The Bertz CT molecular complexity index is 3720. The predicted octanol–water partition coefficient (Wildman–Crippen LogP) is 14.3. The van der Waals surface area contributed by atoms with Gasteiger partial charge >= 0.3 is 0 Å². The van der Waals surface area contributed by atoms with E-state index in [4.69, 9.17) is 28.9 Å². The van der Waals surface area contributed by atoms with E-state index in [-0.39, 0.29) is 32.3 Å². The molecule has 0 aromatic heterocycles. The Balaban J connectivity index is 0.882. The molecule has 8 aromatic rings. The molecule has 1 fully saturated rings. The van der Waals surface area contributed by atoms with Crippen LogP contribution in [0.3, 0.4) is 0 Å². The van der Waals surface area contributed by atoms with E-state index in [0.29, 0.717) is 57.9 Å². The highest BCUT2D eigenvalue weighted by molar-refractivity contribution is 7.94. The molecule has 18 heteroatoms. The fourth-order valence-corrected chi connectivity index (χ4v) is 11.8. The van der Waals surface area contributed by atoms with Gasteiger partial charge in [0.15, 0.2) is 0 Å². The van der Waals surface area contributed by atoms with Gasteiger partial charge < -0.3 is 23.7 Å². The molecule has 1 aliphatic rings. The van der Waals surface area contributed by atoms with Crippen molar-refractivity contribution in [1.82, 2.24) is 0 Å². The van der Waals surface area contributed by atoms with Crippen LogP contribution in [0.15, 0.2) is 189 Å². The minimum absolute atomic E-state index is 0.0865. The molecule has 1 saturated carbocycles. The highest BCUT2D eigenvalue weighted by atomic mass is 32.2. The molecule has 15 nitrogen and oxygen atoms in total. The number of rotatable bonds is 18. The summed E-state index contributed by atoms with van der Waals surface area (Å²) in [4.78, 5) is -1.36. The minimum atomic E-state index is -4.84. The molecule has 384 valence electrons. The fraction of sp³-hybridized carbons (Fsp3) is 0.138. The lowest BCUT2D eigenvalue weighted by Gasteiger charge is -2.38. The number of aryl methyl sites for hydroxylation is 1. The Hall–Kier alpha value is -8.17. The zero-order valence-electron chi connectivity index (χ0n) is 40.7. The van der Waals surface area contributed by atoms with Crippen LogP contribution in [0.25, 0.3) is 11.1 Å². The van der Waals surface area contributed by atoms with Crippen LogP contribution in [0.2, 0.25) is 0 Å². The molecule has 8 aromatic carbocycles. The summed E-state index contributed by atoms with van der Waals surface area (Å²) < 4.78 is 95.6. The summed E-state index contributed by atoms with van der Waals surface area (Å²) in [5.74, 6) is 3.17. The number of nitriles is 2. The first-order valence-electron chi connectivity index (χ1n) is 23.6. The van der Waals surface area contributed by atoms with E-state index in [0.717, 1.165) is 78.1 Å². The van der Waals surface area contributed by atoms with Gasteiger partial charge in [0.05, 0.1) is 39.4 Å². The lowest BCUT2D eigenvalue weighted by atomic mass is 9.65. The van der Waals surface area contributed by atoms with Gasteiger partial charge in [-0.3, -0.25) is 4.55 Å². The van der Waals surface area contributed by atoms with Crippen molar-refractivity contribution in [2.45, 2.75) is 64.0 Å². The largest absolute Gasteiger partial charge is 0.495 e. The van der Waals surface area contributed by atoms with Gasteiger partial charge in [-0.1, -0.05) is 91.0 Å². The van der Waals surface area contributed by atoms with E-state index >= 15 is 0 Å². The summed E-state index contributed by atoms with van der Waals surface area (Å²) >= 11 is 0.475. The zero-order valence-corrected chi connectivity index (χ0v) is 43.2. The smallest absolute Gasteiger partial charge is 0.298 e. The van der Waals surface area contributed by atoms with Crippen molar-refractivity contribution in [3.05, 3.63) is 198 Å². The summed E-state index contributed by atoms with van der Waals surface area (Å²) in [6.07, 6.45) is 4.90. The maximum Gasteiger partial charge on any atom is 0.298 e. The van der Waals surface area contributed by atoms with E-state index in [1.54, 1.807) is 24.3 Å². The molecule has 0 aliphatic heterocycles. The molecule has 0 bridgehead atoms. The summed E-state index contributed by atoms with van der Waals surface area (Å²) in [7, 11) is -8.04. The predicted molar refractivity (Wildman–Crippen MR) is 281 cm³/mol. The number of benzene rings is 8. The summed E-state index contributed by atoms with van der Waals surface area (Å²) in [5.41, 5.74) is 5.29. The van der Waals surface area contributed by atoms with Crippen molar-refractivity contribution in [1.29, 1.82) is 10.5 Å². The number of methoxy groups -OCH3 is 1. The van der Waals surface area contributed by atoms with Gasteiger partial charge in [0.2, 0.25) is 9.84 Å². The molecule has 2 N–H and O–H groups in total. The Morgan fingerprint density at radius 2 is 0.987 bits per heavy atom. The third-order valence-electron chi connectivity index (χ3n) is 13.0. The standard InChI is InChI=1S/C58H46N2O13S3/c1-38-8-6-9-51(49(38)36-59)68-43-20-12-39(13-21-43)40-14-22-44(23-15-40)69-52-10-7-11-53(50(52)37-60)70-45-24-16-41(17-25-45)58(32-4-3-5-33-58)42-18-26-46(27-19-42)71-54-30-28-47(34-56(54)74-73-72-61)75(62,63)48-29-31-55(67-2)57(35-48)76(64,65)66/h6-31,34-35,61H,3-5,32-33H2,1-2H3,(H,64,65,66). The first kappa shape index (κ1) is 52.7. The van der Waals surface area contributed by atoms with Crippen molar-refractivity contribution < 1.29 is 59.7 Å². The topological polar surface area (TPSA) is 221 Å². The number of sulfone groups is 1. The summed E-state index contributed by atoms with van der Waals surface area (Å²) in [6.45, 7) is 1.87. The van der Waals surface area contributed by atoms with Crippen LogP contribution < -0.4 is 23.7 Å². The van der Waals surface area contributed by atoms with Crippen molar-refractivity contribution in [2.75, 3.05) is 7.11 Å².